The van der Waals surface area contributed by atoms with Crippen molar-refractivity contribution in [3.63, 3.8) is 0 Å². The summed E-state index contributed by atoms with van der Waals surface area (Å²) in [5, 5.41) is 8.95. The Bertz CT molecular complexity index is 798. The van der Waals surface area contributed by atoms with Gasteiger partial charge < -0.3 is 19.2 Å². The van der Waals surface area contributed by atoms with E-state index in [4.69, 9.17) is 14.3 Å². The highest BCUT2D eigenvalue weighted by molar-refractivity contribution is 5.97. The molecule has 2 aromatic rings. The average molecular weight is 333 g/mol. The Morgan fingerprint density at radius 3 is 2.92 bits per heavy atom. The number of nitrogens with zero attached hydrogens (tertiary/aromatic N) is 1. The molecule has 24 heavy (non-hydrogen) atoms. The molecule has 1 N–H and O–H groups in total. The molecule has 0 saturated heterocycles. The van der Waals surface area contributed by atoms with E-state index in [1.807, 2.05) is 0 Å². The largest absolute Gasteiger partial charge is 0.491 e. The summed E-state index contributed by atoms with van der Waals surface area (Å²) in [6, 6.07) is 4.18. The number of carboxylic acid groups (broad SMARTS) is 1. The van der Waals surface area contributed by atoms with Crippen LogP contribution in [0.5, 0.6) is 5.75 Å². The van der Waals surface area contributed by atoms with Gasteiger partial charge in [0.25, 0.3) is 5.91 Å². The van der Waals surface area contributed by atoms with Crippen molar-refractivity contribution in [3.8, 4) is 5.75 Å². The van der Waals surface area contributed by atoms with E-state index < -0.39 is 11.8 Å². The van der Waals surface area contributed by atoms with E-state index in [2.05, 4.69) is 0 Å². The third-order valence-corrected chi connectivity index (χ3v) is 3.87. The number of furan rings is 1. The zero-order valence-corrected chi connectivity index (χ0v) is 13.0. The lowest BCUT2D eigenvalue weighted by atomic mass is 10.1. The van der Waals surface area contributed by atoms with Gasteiger partial charge in [-0.05, 0) is 25.1 Å². The summed E-state index contributed by atoms with van der Waals surface area (Å²) in [7, 11) is 0. The lowest BCUT2D eigenvalue weighted by Crippen LogP contribution is -2.33. The number of carbonyl (C=O) groups excluding carboxylic acids is 1. The van der Waals surface area contributed by atoms with Crippen LogP contribution >= 0.6 is 0 Å². The van der Waals surface area contributed by atoms with Crippen molar-refractivity contribution in [2.45, 2.75) is 19.9 Å². The minimum atomic E-state index is -1.08. The Hall–Kier alpha value is -2.83. The second-order valence-electron chi connectivity index (χ2n) is 5.61. The Morgan fingerprint density at radius 1 is 1.38 bits per heavy atom. The summed E-state index contributed by atoms with van der Waals surface area (Å²) in [5.41, 5.74) is 1.39. The normalized spacial score (nSPS) is 13.8. The Kier molecular flexibility index (Phi) is 4.24. The third kappa shape index (κ3) is 3.10. The molecule has 1 amide bonds. The zero-order chi connectivity index (χ0) is 17.3. The molecule has 126 valence electrons. The first-order valence-corrected chi connectivity index (χ1v) is 7.45. The molecule has 7 heteroatoms. The molecule has 0 aliphatic carbocycles. The number of aryl methyl sites for hydroxylation is 1. The summed E-state index contributed by atoms with van der Waals surface area (Å²) >= 11 is 0. The molecule has 1 aliphatic rings. The second kappa shape index (κ2) is 6.35. The molecule has 1 aliphatic heterocycles. The second-order valence-corrected chi connectivity index (χ2v) is 5.61. The van der Waals surface area contributed by atoms with E-state index >= 15 is 0 Å². The fourth-order valence-corrected chi connectivity index (χ4v) is 2.75. The van der Waals surface area contributed by atoms with Crippen LogP contribution in [-0.2, 0) is 17.8 Å². The number of hydrogen-bond acceptors (Lipinski definition) is 4. The van der Waals surface area contributed by atoms with Crippen LogP contribution in [0.2, 0.25) is 0 Å². The molecular formula is C17H16FNO5. The van der Waals surface area contributed by atoms with Crippen molar-refractivity contribution in [2.75, 3.05) is 13.2 Å². The first-order chi connectivity index (χ1) is 11.5. The molecule has 0 unspecified atom stereocenters. The topological polar surface area (TPSA) is 80.0 Å². The Labute approximate surface area is 137 Å². The molecule has 1 aromatic carbocycles. The molecular weight excluding hydrogens is 317 g/mol. The highest BCUT2D eigenvalue weighted by Gasteiger charge is 2.27. The summed E-state index contributed by atoms with van der Waals surface area (Å²) in [4.78, 5) is 25.3. The number of amides is 1. The van der Waals surface area contributed by atoms with Gasteiger partial charge in [0.2, 0.25) is 0 Å². The van der Waals surface area contributed by atoms with Gasteiger partial charge in [0, 0.05) is 17.7 Å². The lowest BCUT2D eigenvalue weighted by molar-refractivity contribution is -0.136. The smallest absolute Gasteiger partial charge is 0.311 e. The van der Waals surface area contributed by atoms with E-state index in [-0.39, 0.29) is 36.8 Å². The van der Waals surface area contributed by atoms with E-state index in [1.54, 1.807) is 6.92 Å². The fraction of sp³-hybridized carbons (Fsp3) is 0.294. The van der Waals surface area contributed by atoms with Gasteiger partial charge in [-0.2, -0.15) is 0 Å². The van der Waals surface area contributed by atoms with Gasteiger partial charge in [-0.1, -0.05) is 0 Å². The molecule has 1 aromatic heterocycles. The summed E-state index contributed by atoms with van der Waals surface area (Å²) < 4.78 is 24.2. The maximum absolute atomic E-state index is 13.5. The minimum Gasteiger partial charge on any atom is -0.491 e. The summed E-state index contributed by atoms with van der Waals surface area (Å²) in [6.45, 7) is 2.45. The Balaban J connectivity index is 1.90. The number of aliphatic carboxylic acids is 1. The number of halogens is 1. The van der Waals surface area contributed by atoms with Gasteiger partial charge in [0.1, 0.15) is 30.4 Å². The molecule has 0 radical (unpaired) electrons. The summed E-state index contributed by atoms with van der Waals surface area (Å²) in [6.07, 6.45) is 0.998. The van der Waals surface area contributed by atoms with Crippen LogP contribution in [0.4, 0.5) is 4.39 Å². The maximum Gasteiger partial charge on any atom is 0.311 e. The van der Waals surface area contributed by atoms with Crippen LogP contribution in [0.25, 0.3) is 0 Å². The van der Waals surface area contributed by atoms with Gasteiger partial charge in [0.15, 0.2) is 0 Å². The number of fused-ring (bicyclic) bond motifs is 1. The van der Waals surface area contributed by atoms with Crippen molar-refractivity contribution in [1.82, 2.24) is 4.90 Å². The highest BCUT2D eigenvalue weighted by Crippen LogP contribution is 2.26. The quantitative estimate of drug-likeness (QED) is 0.933. The minimum absolute atomic E-state index is 0.120. The summed E-state index contributed by atoms with van der Waals surface area (Å²) in [5.74, 6) is -1.17. The standard InChI is InChI=1S/C17H16FNO5/c1-10-9-24-14(7-15(20)21)16(10)17(22)19-4-5-23-13-3-2-12(18)6-11(13)8-19/h2-3,6,9H,4-5,7-8H2,1H3,(H,20,21). The molecule has 3 rings (SSSR count). The predicted molar refractivity (Wildman–Crippen MR) is 81.4 cm³/mol. The fourth-order valence-electron chi connectivity index (χ4n) is 2.75. The van der Waals surface area contributed by atoms with E-state index in [0.717, 1.165) is 0 Å². The number of benzene rings is 1. The lowest BCUT2D eigenvalue weighted by Gasteiger charge is -2.20. The van der Waals surface area contributed by atoms with Crippen LogP contribution in [0.15, 0.2) is 28.9 Å². The first-order valence-electron chi connectivity index (χ1n) is 7.45. The van der Waals surface area contributed by atoms with Crippen LogP contribution in [0.1, 0.15) is 27.2 Å². The molecule has 0 atom stereocenters. The van der Waals surface area contributed by atoms with Crippen LogP contribution in [-0.4, -0.2) is 35.0 Å². The molecule has 6 nitrogen and oxygen atoms in total. The van der Waals surface area contributed by atoms with Gasteiger partial charge in [-0.15, -0.1) is 0 Å². The molecule has 0 saturated carbocycles. The van der Waals surface area contributed by atoms with Gasteiger partial charge in [0.05, 0.1) is 18.4 Å². The monoisotopic (exact) mass is 333 g/mol. The number of rotatable bonds is 3. The number of carboxylic acids is 1. The average Bonchev–Trinajstić information content (AvgIpc) is 2.75. The van der Waals surface area contributed by atoms with Crippen molar-refractivity contribution in [3.05, 3.63) is 52.7 Å². The highest BCUT2D eigenvalue weighted by atomic mass is 19.1. The van der Waals surface area contributed by atoms with Gasteiger partial charge >= 0.3 is 5.97 Å². The predicted octanol–water partition coefficient (Wildman–Crippen LogP) is 2.39. The van der Waals surface area contributed by atoms with Crippen LogP contribution in [0.3, 0.4) is 0 Å². The van der Waals surface area contributed by atoms with Crippen LogP contribution in [0, 0.1) is 12.7 Å². The first kappa shape index (κ1) is 16.0. The van der Waals surface area contributed by atoms with E-state index in [0.29, 0.717) is 23.4 Å². The van der Waals surface area contributed by atoms with Crippen molar-refractivity contribution < 1.29 is 28.2 Å². The van der Waals surface area contributed by atoms with Gasteiger partial charge in [-0.3, -0.25) is 9.59 Å². The van der Waals surface area contributed by atoms with Crippen molar-refractivity contribution in [1.29, 1.82) is 0 Å². The number of carbonyl (C=O) groups is 2. The molecule has 2 heterocycles. The van der Waals surface area contributed by atoms with Crippen molar-refractivity contribution >= 4 is 11.9 Å². The Morgan fingerprint density at radius 2 is 2.17 bits per heavy atom. The SMILES string of the molecule is Cc1coc(CC(=O)O)c1C(=O)N1CCOc2ccc(F)cc2C1. The van der Waals surface area contributed by atoms with Gasteiger partial charge in [-0.25, -0.2) is 4.39 Å². The van der Waals surface area contributed by atoms with E-state index in [9.17, 15) is 14.0 Å². The molecule has 0 fully saturated rings. The van der Waals surface area contributed by atoms with Crippen molar-refractivity contribution in [2.24, 2.45) is 0 Å². The maximum atomic E-state index is 13.5. The number of ether oxygens (including phenoxy) is 1. The molecule has 0 bridgehead atoms. The van der Waals surface area contributed by atoms with E-state index in [1.165, 1.54) is 29.4 Å². The molecule has 0 spiro atoms. The van der Waals surface area contributed by atoms with Crippen LogP contribution < -0.4 is 4.74 Å². The zero-order valence-electron chi connectivity index (χ0n) is 13.0. The number of hydrogen-bond donors (Lipinski definition) is 1. The third-order valence-electron chi connectivity index (χ3n) is 3.87.